The Morgan fingerprint density at radius 2 is 1.76 bits per heavy atom. The highest BCUT2D eigenvalue weighted by atomic mass is 35.5. The third-order valence-electron chi connectivity index (χ3n) is 4.47. The lowest BCUT2D eigenvalue weighted by Crippen LogP contribution is -2.17. The fourth-order valence-electron chi connectivity index (χ4n) is 3.07. The van der Waals surface area contributed by atoms with Gasteiger partial charge in [0.15, 0.2) is 0 Å². The first-order chi connectivity index (χ1) is 13.9. The number of nitrogens with one attached hydrogen (secondary N) is 2. The van der Waals surface area contributed by atoms with Crippen LogP contribution in [-0.4, -0.2) is 47.0 Å². The van der Waals surface area contributed by atoms with Crippen molar-refractivity contribution in [2.24, 2.45) is 0 Å². The molecule has 29 heavy (non-hydrogen) atoms. The van der Waals surface area contributed by atoms with Crippen LogP contribution in [0.5, 0.6) is 0 Å². The van der Waals surface area contributed by atoms with E-state index in [1.165, 1.54) is 0 Å². The predicted molar refractivity (Wildman–Crippen MR) is 121 cm³/mol. The van der Waals surface area contributed by atoms with E-state index in [2.05, 4.69) is 44.6 Å². The van der Waals surface area contributed by atoms with Crippen LogP contribution < -0.4 is 10.6 Å². The highest BCUT2D eigenvalue weighted by Gasteiger charge is 2.11. The van der Waals surface area contributed by atoms with E-state index in [0.29, 0.717) is 11.8 Å². The van der Waals surface area contributed by atoms with Gasteiger partial charge in [-0.15, -0.1) is 0 Å². The molecular formula is C22H27ClN6. The van der Waals surface area contributed by atoms with Crippen molar-refractivity contribution in [3.05, 3.63) is 58.7 Å². The topological polar surface area (TPSA) is 66.0 Å². The van der Waals surface area contributed by atoms with E-state index in [4.69, 9.17) is 11.6 Å². The third-order valence-corrected chi connectivity index (χ3v) is 4.69. The van der Waals surface area contributed by atoms with Crippen LogP contribution >= 0.6 is 11.6 Å². The van der Waals surface area contributed by atoms with Crippen molar-refractivity contribution in [1.29, 1.82) is 0 Å². The molecule has 0 fully saturated rings. The number of benzene rings is 1. The summed E-state index contributed by atoms with van der Waals surface area (Å²) in [6.45, 7) is 5.86. The molecule has 1 aromatic carbocycles. The van der Waals surface area contributed by atoms with E-state index in [0.717, 1.165) is 52.7 Å². The average Bonchev–Trinajstić information content (AvgIpc) is 2.68. The largest absolute Gasteiger partial charge is 0.354 e. The van der Waals surface area contributed by atoms with Gasteiger partial charge in [-0.3, -0.25) is 4.98 Å². The molecule has 0 atom stereocenters. The summed E-state index contributed by atoms with van der Waals surface area (Å²) in [5, 5.41) is 7.51. The van der Waals surface area contributed by atoms with E-state index < -0.39 is 0 Å². The molecule has 0 spiro atoms. The van der Waals surface area contributed by atoms with Gasteiger partial charge in [0.1, 0.15) is 5.82 Å². The second kappa shape index (κ2) is 9.67. The number of hydrogen-bond donors (Lipinski definition) is 2. The van der Waals surface area contributed by atoms with Gasteiger partial charge in [0.25, 0.3) is 0 Å². The number of rotatable bonds is 8. The van der Waals surface area contributed by atoms with Crippen LogP contribution in [0.25, 0.3) is 11.4 Å². The van der Waals surface area contributed by atoms with E-state index >= 15 is 0 Å². The molecule has 6 nitrogen and oxygen atoms in total. The highest BCUT2D eigenvalue weighted by Crippen LogP contribution is 2.29. The van der Waals surface area contributed by atoms with Crippen LogP contribution in [-0.2, 0) is 0 Å². The Hall–Kier alpha value is -2.70. The van der Waals surface area contributed by atoms with Gasteiger partial charge >= 0.3 is 0 Å². The lowest BCUT2D eigenvalue weighted by molar-refractivity contribution is 0.405. The quantitative estimate of drug-likeness (QED) is 0.514. The zero-order valence-electron chi connectivity index (χ0n) is 17.3. The van der Waals surface area contributed by atoms with Crippen LogP contribution in [0.1, 0.15) is 17.5 Å². The summed E-state index contributed by atoms with van der Waals surface area (Å²) in [6, 6.07) is 11.6. The van der Waals surface area contributed by atoms with Crippen LogP contribution in [0.2, 0.25) is 5.02 Å². The number of pyridine rings is 1. The second-order valence-electron chi connectivity index (χ2n) is 7.30. The number of hydrogen-bond acceptors (Lipinski definition) is 6. The molecule has 0 aliphatic carbocycles. The molecule has 152 valence electrons. The molecule has 0 unspecified atom stereocenters. The van der Waals surface area contributed by atoms with Gasteiger partial charge in [0.05, 0.1) is 11.4 Å². The molecule has 3 aromatic rings. The first-order valence-electron chi connectivity index (χ1n) is 9.65. The molecule has 0 aliphatic heterocycles. The summed E-state index contributed by atoms with van der Waals surface area (Å²) in [6.07, 6.45) is 2.77. The maximum absolute atomic E-state index is 6.17. The summed E-state index contributed by atoms with van der Waals surface area (Å²) in [5.74, 6) is 1.29. The lowest BCUT2D eigenvalue weighted by Gasteiger charge is -2.15. The summed E-state index contributed by atoms with van der Waals surface area (Å²) in [7, 11) is 4.13. The molecule has 0 amide bonds. The van der Waals surface area contributed by atoms with Crippen LogP contribution in [0.15, 0.2) is 42.6 Å². The smallest absolute Gasteiger partial charge is 0.225 e. The standard InChI is InChI=1S/C22H27ClN6/c1-15-12-17(23)13-16(2)21(15)27-20-14-19(18-8-5-6-9-24-18)26-22(28-20)25-10-7-11-29(3)4/h5-6,8-9,12-14H,7,10-11H2,1-4H3,(H2,25,26,27,28). The molecular weight excluding hydrogens is 384 g/mol. The number of nitrogens with zero attached hydrogens (tertiary/aromatic N) is 4. The van der Waals surface area contributed by atoms with Crippen LogP contribution in [0.3, 0.4) is 0 Å². The van der Waals surface area contributed by atoms with E-state index in [-0.39, 0.29) is 0 Å². The lowest BCUT2D eigenvalue weighted by atomic mass is 10.1. The number of anilines is 3. The van der Waals surface area contributed by atoms with Crippen molar-refractivity contribution in [1.82, 2.24) is 19.9 Å². The minimum absolute atomic E-state index is 0.582. The van der Waals surface area contributed by atoms with Crippen molar-refractivity contribution in [2.45, 2.75) is 20.3 Å². The maximum Gasteiger partial charge on any atom is 0.225 e. The van der Waals surface area contributed by atoms with E-state index in [1.54, 1.807) is 6.20 Å². The summed E-state index contributed by atoms with van der Waals surface area (Å²) < 4.78 is 0. The molecule has 0 bridgehead atoms. The van der Waals surface area contributed by atoms with Crippen molar-refractivity contribution in [3.8, 4) is 11.4 Å². The molecule has 2 N–H and O–H groups in total. The molecule has 2 heterocycles. The normalized spacial score (nSPS) is 11.0. The van der Waals surface area contributed by atoms with Crippen LogP contribution in [0.4, 0.5) is 17.5 Å². The third kappa shape index (κ3) is 5.89. The molecule has 7 heteroatoms. The average molecular weight is 411 g/mol. The van der Waals surface area contributed by atoms with Gasteiger partial charge in [0.2, 0.25) is 5.95 Å². The SMILES string of the molecule is Cc1cc(Cl)cc(C)c1Nc1cc(-c2ccccn2)nc(NCCCN(C)C)n1. The number of aryl methyl sites for hydroxylation is 2. The zero-order valence-corrected chi connectivity index (χ0v) is 18.1. The van der Waals surface area contributed by atoms with Gasteiger partial charge in [-0.25, -0.2) is 4.98 Å². The first kappa shape index (κ1) is 21.0. The second-order valence-corrected chi connectivity index (χ2v) is 7.74. The summed E-state index contributed by atoms with van der Waals surface area (Å²) >= 11 is 6.17. The summed E-state index contributed by atoms with van der Waals surface area (Å²) in [4.78, 5) is 15.9. The molecule has 0 aliphatic rings. The molecule has 0 radical (unpaired) electrons. The van der Waals surface area contributed by atoms with Gasteiger partial charge in [0, 0.05) is 29.5 Å². The van der Waals surface area contributed by atoms with Crippen molar-refractivity contribution >= 4 is 29.1 Å². The van der Waals surface area contributed by atoms with Crippen molar-refractivity contribution < 1.29 is 0 Å². The Morgan fingerprint density at radius 1 is 1.00 bits per heavy atom. The fourth-order valence-corrected chi connectivity index (χ4v) is 3.39. The Bertz CT molecular complexity index is 936. The van der Waals surface area contributed by atoms with E-state index in [9.17, 15) is 0 Å². The monoisotopic (exact) mass is 410 g/mol. The number of aromatic nitrogens is 3. The van der Waals surface area contributed by atoms with Gasteiger partial charge in [-0.1, -0.05) is 17.7 Å². The zero-order chi connectivity index (χ0) is 20.8. The minimum Gasteiger partial charge on any atom is -0.354 e. The highest BCUT2D eigenvalue weighted by molar-refractivity contribution is 6.30. The minimum atomic E-state index is 0.582. The Balaban J connectivity index is 1.90. The first-order valence-corrected chi connectivity index (χ1v) is 10.0. The molecule has 0 saturated heterocycles. The fraction of sp³-hybridized carbons (Fsp3) is 0.318. The van der Waals surface area contributed by atoms with Crippen LogP contribution in [0, 0.1) is 13.8 Å². The number of halogens is 1. The molecule has 0 saturated carbocycles. The van der Waals surface area contributed by atoms with Gasteiger partial charge < -0.3 is 15.5 Å². The Labute approximate surface area is 177 Å². The van der Waals surface area contributed by atoms with Crippen molar-refractivity contribution in [2.75, 3.05) is 37.8 Å². The summed E-state index contributed by atoms with van der Waals surface area (Å²) in [5.41, 5.74) is 4.70. The Morgan fingerprint density at radius 3 is 2.41 bits per heavy atom. The van der Waals surface area contributed by atoms with Gasteiger partial charge in [-0.05, 0) is 76.3 Å². The molecule has 3 rings (SSSR count). The predicted octanol–water partition coefficient (Wildman–Crippen LogP) is 4.92. The van der Waals surface area contributed by atoms with E-state index in [1.807, 2.05) is 50.2 Å². The molecule has 2 aromatic heterocycles. The Kier molecular flexibility index (Phi) is 7.01. The maximum atomic E-state index is 6.17. The van der Waals surface area contributed by atoms with Crippen molar-refractivity contribution in [3.63, 3.8) is 0 Å². The van der Waals surface area contributed by atoms with Gasteiger partial charge in [-0.2, -0.15) is 4.98 Å².